The Kier molecular flexibility index (Phi) is 3.99. The fraction of sp³-hybridized carbons (Fsp3) is 0.188. The minimum Gasteiger partial charge on any atom is -0.491 e. The van der Waals surface area contributed by atoms with Crippen molar-refractivity contribution in [3.05, 3.63) is 58.6 Å². The third kappa shape index (κ3) is 2.96. The highest BCUT2D eigenvalue weighted by atomic mass is 35.5. The van der Waals surface area contributed by atoms with Gasteiger partial charge in [-0.25, -0.2) is 0 Å². The maximum Gasteiger partial charge on any atom is 0.124 e. The van der Waals surface area contributed by atoms with Crippen molar-refractivity contribution in [1.29, 1.82) is 0 Å². The Bertz CT molecular complexity index is 690. The Morgan fingerprint density at radius 3 is 2.81 bits per heavy atom. The van der Waals surface area contributed by atoms with E-state index >= 15 is 0 Å². The summed E-state index contributed by atoms with van der Waals surface area (Å²) in [4.78, 5) is 2.56. The fourth-order valence-electron chi connectivity index (χ4n) is 2.45. The number of anilines is 1. The summed E-state index contributed by atoms with van der Waals surface area (Å²) in [5, 5.41) is 0.652. The zero-order valence-corrected chi connectivity index (χ0v) is 13.0. The zero-order valence-electron chi connectivity index (χ0n) is 11.4. The van der Waals surface area contributed by atoms with Gasteiger partial charge in [0.1, 0.15) is 17.3 Å². The predicted octanol–water partition coefficient (Wildman–Crippen LogP) is 3.37. The van der Waals surface area contributed by atoms with Crippen LogP contribution < -0.4 is 15.4 Å². The van der Waals surface area contributed by atoms with E-state index in [-0.39, 0.29) is 0 Å². The van der Waals surface area contributed by atoms with E-state index in [4.69, 9.17) is 34.3 Å². The smallest absolute Gasteiger partial charge is 0.124 e. The van der Waals surface area contributed by atoms with Crippen LogP contribution in [0.3, 0.4) is 0 Å². The molecule has 0 saturated carbocycles. The van der Waals surface area contributed by atoms with Gasteiger partial charge in [0.05, 0.1) is 17.3 Å². The lowest BCUT2D eigenvalue weighted by Crippen LogP contribution is -2.25. The first kappa shape index (κ1) is 14.2. The Balaban J connectivity index is 1.92. The van der Waals surface area contributed by atoms with E-state index in [1.165, 1.54) is 0 Å². The second-order valence-electron chi connectivity index (χ2n) is 4.91. The second-order valence-corrected chi connectivity index (χ2v) is 5.76. The molecule has 0 bridgehead atoms. The summed E-state index contributed by atoms with van der Waals surface area (Å²) in [6.45, 7) is 2.17. The minimum atomic E-state index is 0.355. The number of nitrogens with two attached hydrogens (primary N) is 1. The van der Waals surface area contributed by atoms with E-state index in [0.717, 1.165) is 35.7 Å². The molecule has 0 fully saturated rings. The summed E-state index contributed by atoms with van der Waals surface area (Å²) in [5.74, 6) is 0.941. The topological polar surface area (TPSA) is 38.5 Å². The molecular weight excluding hydrogens is 304 g/mol. The van der Waals surface area contributed by atoms with Gasteiger partial charge >= 0.3 is 0 Å². The Hall–Kier alpha value is -1.78. The Labute approximate surface area is 134 Å². The molecule has 0 atom stereocenters. The molecule has 0 spiro atoms. The normalized spacial score (nSPS) is 14.0. The molecule has 3 rings (SSSR count). The molecule has 0 aromatic heterocycles. The molecule has 2 aromatic carbocycles. The number of para-hydroxylation sites is 1. The van der Waals surface area contributed by atoms with Crippen LogP contribution in [0.5, 0.6) is 5.75 Å². The molecule has 21 heavy (non-hydrogen) atoms. The number of rotatable bonds is 2. The van der Waals surface area contributed by atoms with E-state index < -0.39 is 0 Å². The molecule has 1 aliphatic heterocycles. The third-order valence-electron chi connectivity index (χ3n) is 3.53. The molecule has 5 heteroatoms. The lowest BCUT2D eigenvalue weighted by molar-refractivity contribution is 0.331. The molecule has 3 nitrogen and oxygen atoms in total. The highest BCUT2D eigenvalue weighted by molar-refractivity contribution is 7.80. The summed E-state index contributed by atoms with van der Waals surface area (Å²) >= 11 is 11.4. The Morgan fingerprint density at radius 2 is 2.05 bits per heavy atom. The van der Waals surface area contributed by atoms with Crippen molar-refractivity contribution in [3.8, 4) is 5.75 Å². The lowest BCUT2D eigenvalue weighted by Gasteiger charge is -2.23. The molecule has 0 aliphatic carbocycles. The van der Waals surface area contributed by atoms with Gasteiger partial charge in [0.25, 0.3) is 0 Å². The standard InChI is InChI=1S/C16H15ClN2OS/c17-13-9-11(16(18)21)5-6-14(13)19-7-8-20-15-4-2-1-3-12(15)10-19/h1-6,9H,7-8,10H2,(H2,18,21). The van der Waals surface area contributed by atoms with Crippen molar-refractivity contribution < 1.29 is 4.74 Å². The number of thiocarbonyl (C=S) groups is 1. The number of hydrogen-bond acceptors (Lipinski definition) is 3. The molecule has 108 valence electrons. The third-order valence-corrected chi connectivity index (χ3v) is 4.06. The summed E-state index contributed by atoms with van der Waals surface area (Å²) in [6.07, 6.45) is 0. The van der Waals surface area contributed by atoms with Crippen LogP contribution >= 0.6 is 23.8 Å². The first-order chi connectivity index (χ1) is 10.1. The molecule has 0 radical (unpaired) electrons. The van der Waals surface area contributed by atoms with Gasteiger partial charge in [-0.15, -0.1) is 0 Å². The van der Waals surface area contributed by atoms with E-state index in [9.17, 15) is 0 Å². The molecule has 1 aliphatic rings. The molecule has 1 heterocycles. The van der Waals surface area contributed by atoms with Crippen LogP contribution in [0.4, 0.5) is 5.69 Å². The van der Waals surface area contributed by atoms with E-state index in [0.29, 0.717) is 16.6 Å². The van der Waals surface area contributed by atoms with Gasteiger partial charge < -0.3 is 15.4 Å². The monoisotopic (exact) mass is 318 g/mol. The number of hydrogen-bond donors (Lipinski definition) is 1. The van der Waals surface area contributed by atoms with Crippen molar-refractivity contribution in [2.45, 2.75) is 6.54 Å². The van der Waals surface area contributed by atoms with Gasteiger partial charge in [0.15, 0.2) is 0 Å². The summed E-state index contributed by atoms with van der Waals surface area (Å²) in [7, 11) is 0. The van der Waals surface area contributed by atoms with Crippen LogP contribution in [0, 0.1) is 0 Å². The SMILES string of the molecule is NC(=S)c1ccc(N2CCOc3ccccc3C2)c(Cl)c1. The summed E-state index contributed by atoms with van der Waals surface area (Å²) < 4.78 is 5.78. The van der Waals surface area contributed by atoms with Crippen molar-refractivity contribution in [1.82, 2.24) is 0 Å². The second kappa shape index (κ2) is 5.92. The van der Waals surface area contributed by atoms with Crippen molar-refractivity contribution in [2.24, 2.45) is 5.73 Å². The van der Waals surface area contributed by atoms with E-state index in [1.54, 1.807) is 0 Å². The largest absolute Gasteiger partial charge is 0.491 e. The maximum absolute atomic E-state index is 6.39. The van der Waals surface area contributed by atoms with Gasteiger partial charge in [-0.2, -0.15) is 0 Å². The summed E-state index contributed by atoms with van der Waals surface area (Å²) in [5.41, 5.74) is 8.55. The predicted molar refractivity (Wildman–Crippen MR) is 90.3 cm³/mol. The van der Waals surface area contributed by atoms with E-state index in [1.807, 2.05) is 36.4 Å². The van der Waals surface area contributed by atoms with Gasteiger partial charge in [-0.3, -0.25) is 0 Å². The lowest BCUT2D eigenvalue weighted by atomic mass is 10.1. The molecule has 0 amide bonds. The first-order valence-electron chi connectivity index (χ1n) is 6.70. The highest BCUT2D eigenvalue weighted by Gasteiger charge is 2.17. The van der Waals surface area contributed by atoms with Crippen molar-refractivity contribution >= 4 is 34.5 Å². The molecule has 0 saturated heterocycles. The average Bonchev–Trinajstić information content (AvgIpc) is 2.69. The first-order valence-corrected chi connectivity index (χ1v) is 7.49. The van der Waals surface area contributed by atoms with Gasteiger partial charge in [-0.1, -0.05) is 42.0 Å². The van der Waals surface area contributed by atoms with Gasteiger partial charge in [0, 0.05) is 17.7 Å². The van der Waals surface area contributed by atoms with Gasteiger partial charge in [-0.05, 0) is 24.3 Å². The number of nitrogens with zero attached hydrogens (tertiary/aromatic N) is 1. The van der Waals surface area contributed by atoms with Crippen LogP contribution in [0.15, 0.2) is 42.5 Å². The Morgan fingerprint density at radius 1 is 1.24 bits per heavy atom. The highest BCUT2D eigenvalue weighted by Crippen LogP contribution is 2.31. The summed E-state index contributed by atoms with van der Waals surface area (Å²) in [6, 6.07) is 13.8. The average molecular weight is 319 g/mol. The van der Waals surface area contributed by atoms with E-state index in [2.05, 4.69) is 11.0 Å². The van der Waals surface area contributed by atoms with Crippen LogP contribution in [-0.2, 0) is 6.54 Å². The molecule has 0 unspecified atom stereocenters. The number of fused-ring (bicyclic) bond motifs is 1. The zero-order chi connectivity index (χ0) is 14.8. The molecule has 2 N–H and O–H groups in total. The van der Waals surface area contributed by atoms with Crippen LogP contribution in [0.2, 0.25) is 5.02 Å². The molecule has 2 aromatic rings. The quantitative estimate of drug-likeness (QED) is 0.862. The minimum absolute atomic E-state index is 0.355. The van der Waals surface area contributed by atoms with Crippen molar-refractivity contribution in [3.63, 3.8) is 0 Å². The number of ether oxygens (including phenoxy) is 1. The fourth-order valence-corrected chi connectivity index (χ4v) is 2.88. The number of benzene rings is 2. The van der Waals surface area contributed by atoms with Crippen LogP contribution in [-0.4, -0.2) is 18.1 Å². The van der Waals surface area contributed by atoms with Crippen LogP contribution in [0.1, 0.15) is 11.1 Å². The van der Waals surface area contributed by atoms with Gasteiger partial charge in [0.2, 0.25) is 0 Å². The molecular formula is C16H15ClN2OS. The number of halogens is 1. The maximum atomic E-state index is 6.39. The van der Waals surface area contributed by atoms with Crippen molar-refractivity contribution in [2.75, 3.05) is 18.1 Å². The van der Waals surface area contributed by atoms with Crippen LogP contribution in [0.25, 0.3) is 0 Å².